The van der Waals surface area contributed by atoms with Gasteiger partial charge in [0.1, 0.15) is 0 Å². The molecular weight excluding hydrogens is 302 g/mol. The fourth-order valence-corrected chi connectivity index (χ4v) is 3.36. The Hall–Kier alpha value is -1.88. The van der Waals surface area contributed by atoms with Crippen molar-refractivity contribution in [1.82, 2.24) is 14.7 Å². The molecule has 0 unspecified atom stereocenters. The molecule has 5 nitrogen and oxygen atoms in total. The van der Waals surface area contributed by atoms with Crippen LogP contribution in [0.4, 0.5) is 0 Å². The summed E-state index contributed by atoms with van der Waals surface area (Å²) >= 11 is 0. The molecule has 0 aromatic heterocycles. The first-order chi connectivity index (χ1) is 11.4. The number of likely N-dealkylation sites (tertiary alicyclic amines) is 1. The van der Waals surface area contributed by atoms with E-state index in [0.717, 1.165) is 19.5 Å². The lowest BCUT2D eigenvalue weighted by Crippen LogP contribution is -2.46. The zero-order valence-corrected chi connectivity index (χ0v) is 15.2. The summed E-state index contributed by atoms with van der Waals surface area (Å²) in [6.45, 7) is 8.44. The summed E-state index contributed by atoms with van der Waals surface area (Å²) in [4.78, 5) is 29.7. The second-order valence-corrected chi connectivity index (χ2v) is 6.58. The van der Waals surface area contributed by atoms with Crippen molar-refractivity contribution in [2.24, 2.45) is 0 Å². The maximum atomic E-state index is 12.5. The zero-order valence-electron chi connectivity index (χ0n) is 15.2. The Morgan fingerprint density at radius 1 is 1.29 bits per heavy atom. The van der Waals surface area contributed by atoms with E-state index in [1.165, 1.54) is 17.4 Å². The van der Waals surface area contributed by atoms with Crippen LogP contribution < -0.4 is 0 Å². The third-order valence-corrected chi connectivity index (χ3v) is 5.04. The smallest absolute Gasteiger partial charge is 0.242 e. The van der Waals surface area contributed by atoms with Crippen LogP contribution in [-0.4, -0.2) is 65.8 Å². The number of hydrogen-bond donors (Lipinski definition) is 0. The highest BCUT2D eigenvalue weighted by molar-refractivity contribution is 5.83. The molecule has 0 spiro atoms. The van der Waals surface area contributed by atoms with Gasteiger partial charge in [0.05, 0.1) is 6.54 Å². The molecule has 2 rings (SSSR count). The van der Waals surface area contributed by atoms with Gasteiger partial charge in [0.25, 0.3) is 0 Å². The highest BCUT2D eigenvalue weighted by atomic mass is 16.2. The van der Waals surface area contributed by atoms with E-state index in [-0.39, 0.29) is 24.4 Å². The Balaban J connectivity index is 1.97. The van der Waals surface area contributed by atoms with Gasteiger partial charge in [-0.2, -0.15) is 0 Å². The van der Waals surface area contributed by atoms with E-state index in [2.05, 4.69) is 36.1 Å². The van der Waals surface area contributed by atoms with Crippen molar-refractivity contribution >= 4 is 11.8 Å². The minimum Gasteiger partial charge on any atom is -0.337 e. The molecule has 2 amide bonds. The van der Waals surface area contributed by atoms with E-state index in [0.29, 0.717) is 12.6 Å². The topological polar surface area (TPSA) is 43.9 Å². The molecule has 0 radical (unpaired) electrons. The minimum absolute atomic E-state index is 0.0365. The van der Waals surface area contributed by atoms with E-state index in [9.17, 15) is 9.59 Å². The number of nitrogens with zero attached hydrogens (tertiary/aromatic N) is 3. The zero-order chi connectivity index (χ0) is 17.7. The van der Waals surface area contributed by atoms with Crippen molar-refractivity contribution in [2.75, 3.05) is 33.2 Å². The standard InChI is InChI=1S/C19H29N3O2/c1-5-22(19(24)14-20(4)16(3)23)18-11-12-21(13-18)15(2)17-9-7-6-8-10-17/h6-10,15,18H,5,11-14H2,1-4H3/t15-,18+/m0/s1. The van der Waals surface area contributed by atoms with Crippen molar-refractivity contribution in [2.45, 2.75) is 39.3 Å². The van der Waals surface area contributed by atoms with Gasteiger partial charge in [-0.3, -0.25) is 14.5 Å². The van der Waals surface area contributed by atoms with Crippen LogP contribution in [0.3, 0.4) is 0 Å². The summed E-state index contributed by atoms with van der Waals surface area (Å²) in [5.41, 5.74) is 1.31. The van der Waals surface area contributed by atoms with Gasteiger partial charge in [-0.25, -0.2) is 0 Å². The predicted octanol–water partition coefficient (Wildman–Crippen LogP) is 2.15. The van der Waals surface area contributed by atoms with E-state index in [4.69, 9.17) is 0 Å². The number of carbonyl (C=O) groups is 2. The molecule has 0 aliphatic carbocycles. The SMILES string of the molecule is CCN(C(=O)CN(C)C(C)=O)[C@@H]1CCN([C@@H](C)c2ccccc2)C1. The molecule has 0 bridgehead atoms. The Kier molecular flexibility index (Phi) is 6.37. The van der Waals surface area contributed by atoms with Gasteiger partial charge in [-0.1, -0.05) is 30.3 Å². The number of likely N-dealkylation sites (N-methyl/N-ethyl adjacent to an activating group) is 2. The van der Waals surface area contributed by atoms with Gasteiger partial charge in [0.2, 0.25) is 11.8 Å². The monoisotopic (exact) mass is 331 g/mol. The highest BCUT2D eigenvalue weighted by Crippen LogP contribution is 2.26. The first-order valence-electron chi connectivity index (χ1n) is 8.74. The molecule has 2 atom stereocenters. The van der Waals surface area contributed by atoms with Crippen LogP contribution in [0.15, 0.2) is 30.3 Å². The quantitative estimate of drug-likeness (QED) is 0.802. The van der Waals surface area contributed by atoms with Crippen LogP contribution in [0.1, 0.15) is 38.8 Å². The molecule has 1 aromatic carbocycles. The summed E-state index contributed by atoms with van der Waals surface area (Å²) < 4.78 is 0. The highest BCUT2D eigenvalue weighted by Gasteiger charge is 2.32. The number of amides is 2. The second-order valence-electron chi connectivity index (χ2n) is 6.58. The van der Waals surface area contributed by atoms with Crippen molar-refractivity contribution in [3.05, 3.63) is 35.9 Å². The van der Waals surface area contributed by atoms with Crippen LogP contribution in [0.5, 0.6) is 0 Å². The van der Waals surface area contributed by atoms with E-state index < -0.39 is 0 Å². The van der Waals surface area contributed by atoms with Crippen LogP contribution in [-0.2, 0) is 9.59 Å². The Bertz CT molecular complexity index is 561. The van der Waals surface area contributed by atoms with Crippen molar-refractivity contribution in [1.29, 1.82) is 0 Å². The summed E-state index contributed by atoms with van der Waals surface area (Å²) in [5.74, 6) is -0.0421. The van der Waals surface area contributed by atoms with Crippen molar-refractivity contribution in [3.63, 3.8) is 0 Å². The molecule has 1 aromatic rings. The van der Waals surface area contributed by atoms with Gasteiger partial charge in [-0.15, -0.1) is 0 Å². The first-order valence-corrected chi connectivity index (χ1v) is 8.74. The fraction of sp³-hybridized carbons (Fsp3) is 0.579. The van der Waals surface area contributed by atoms with Gasteiger partial charge < -0.3 is 9.80 Å². The van der Waals surface area contributed by atoms with Crippen molar-refractivity contribution < 1.29 is 9.59 Å². The lowest BCUT2D eigenvalue weighted by atomic mass is 10.1. The Labute approximate surface area is 145 Å². The summed E-state index contributed by atoms with van der Waals surface area (Å²) in [5, 5.41) is 0. The molecule has 1 saturated heterocycles. The lowest BCUT2D eigenvalue weighted by Gasteiger charge is -2.31. The van der Waals surface area contributed by atoms with Gasteiger partial charge in [0.15, 0.2) is 0 Å². The van der Waals surface area contributed by atoms with Crippen LogP contribution in [0.25, 0.3) is 0 Å². The second kappa shape index (κ2) is 8.29. The molecule has 1 aliphatic rings. The molecule has 0 saturated carbocycles. The van der Waals surface area contributed by atoms with Crippen molar-refractivity contribution in [3.8, 4) is 0 Å². The molecular formula is C19H29N3O2. The first kappa shape index (κ1) is 18.5. The van der Waals surface area contributed by atoms with Gasteiger partial charge in [-0.05, 0) is 25.8 Å². The predicted molar refractivity (Wildman–Crippen MR) is 95.5 cm³/mol. The number of benzene rings is 1. The summed E-state index contributed by atoms with van der Waals surface area (Å²) in [6, 6.07) is 11.1. The molecule has 1 heterocycles. The van der Waals surface area contributed by atoms with Crippen LogP contribution in [0, 0.1) is 0 Å². The van der Waals surface area contributed by atoms with Crippen LogP contribution in [0.2, 0.25) is 0 Å². The lowest BCUT2D eigenvalue weighted by molar-refractivity contribution is -0.139. The minimum atomic E-state index is -0.0786. The average Bonchev–Trinajstić information content (AvgIpc) is 3.05. The normalized spacial score (nSPS) is 19.1. The molecule has 1 aliphatic heterocycles. The van der Waals surface area contributed by atoms with Crippen LogP contribution >= 0.6 is 0 Å². The van der Waals surface area contributed by atoms with E-state index >= 15 is 0 Å². The third kappa shape index (κ3) is 4.35. The molecule has 24 heavy (non-hydrogen) atoms. The number of carbonyl (C=O) groups excluding carboxylic acids is 2. The maximum absolute atomic E-state index is 12.5. The molecule has 0 N–H and O–H groups in total. The van der Waals surface area contributed by atoms with Gasteiger partial charge >= 0.3 is 0 Å². The number of rotatable bonds is 6. The van der Waals surface area contributed by atoms with E-state index in [1.54, 1.807) is 7.05 Å². The molecule has 132 valence electrons. The Morgan fingerprint density at radius 2 is 1.96 bits per heavy atom. The van der Waals surface area contributed by atoms with Gasteiger partial charge in [0, 0.05) is 45.7 Å². The molecule has 5 heteroatoms. The molecule has 1 fully saturated rings. The average molecular weight is 331 g/mol. The van der Waals surface area contributed by atoms with E-state index in [1.807, 2.05) is 17.9 Å². The fourth-order valence-electron chi connectivity index (χ4n) is 3.36. The largest absolute Gasteiger partial charge is 0.337 e. The Morgan fingerprint density at radius 3 is 2.54 bits per heavy atom. The summed E-state index contributed by atoms with van der Waals surface area (Å²) in [7, 11) is 1.67. The number of hydrogen-bond acceptors (Lipinski definition) is 3. The third-order valence-electron chi connectivity index (χ3n) is 5.04. The maximum Gasteiger partial charge on any atom is 0.242 e. The summed E-state index contributed by atoms with van der Waals surface area (Å²) in [6.07, 6.45) is 0.987.